The average Bonchev–Trinajstić information content (AvgIpc) is 2.81. The number of carboxylic acid groups (broad SMARTS) is 1. The Balaban J connectivity index is 2.08. The van der Waals surface area contributed by atoms with Gasteiger partial charge in [-0.1, -0.05) is 36.4 Å². The minimum Gasteiger partial charge on any atom is -0.480 e. The van der Waals surface area contributed by atoms with Crippen LogP contribution in [0.4, 0.5) is 0 Å². The number of carbonyl (C=O) groups is 3. The highest BCUT2D eigenvalue weighted by atomic mass is 16.4. The zero-order valence-electron chi connectivity index (χ0n) is 18.8. The predicted octanol–water partition coefficient (Wildman–Crippen LogP) is -0.698. The van der Waals surface area contributed by atoms with Crippen LogP contribution in [0.3, 0.4) is 0 Å². The van der Waals surface area contributed by atoms with Crippen molar-refractivity contribution in [2.24, 2.45) is 22.2 Å². The molecule has 1 aromatic heterocycles. The van der Waals surface area contributed by atoms with Gasteiger partial charge in [0.15, 0.2) is 5.96 Å². The smallest absolute Gasteiger partial charge is 0.326 e. The fourth-order valence-electron chi connectivity index (χ4n) is 3.24. The topological polar surface area (TPSA) is 199 Å². The maximum absolute atomic E-state index is 13.0. The van der Waals surface area contributed by atoms with Gasteiger partial charge in [0, 0.05) is 25.4 Å². The van der Waals surface area contributed by atoms with Gasteiger partial charge in [0.2, 0.25) is 11.8 Å². The number of nitrogens with two attached hydrogens (primary N) is 3. The van der Waals surface area contributed by atoms with Gasteiger partial charge in [-0.05, 0) is 36.5 Å². The number of hydrogen-bond donors (Lipinski definition) is 6. The molecule has 34 heavy (non-hydrogen) atoms. The molecule has 0 aliphatic carbocycles. The van der Waals surface area contributed by atoms with E-state index in [1.54, 1.807) is 24.5 Å². The van der Waals surface area contributed by atoms with E-state index in [2.05, 4.69) is 20.6 Å². The SMILES string of the molecule is NC(N)=NCCC[C@H](NC(=O)[C@H](Cc1ccccc1)NC(=O)[C@@H](N)Cc1cccnc1)C(=O)O. The number of carboxylic acids is 1. The molecule has 1 heterocycles. The van der Waals surface area contributed by atoms with Crippen molar-refractivity contribution < 1.29 is 19.5 Å². The van der Waals surface area contributed by atoms with E-state index in [0.29, 0.717) is 6.42 Å². The molecule has 0 bridgehead atoms. The Kier molecular flexibility index (Phi) is 10.5. The summed E-state index contributed by atoms with van der Waals surface area (Å²) in [6, 6.07) is 9.52. The van der Waals surface area contributed by atoms with Crippen molar-refractivity contribution in [3.63, 3.8) is 0 Å². The average molecular weight is 470 g/mol. The van der Waals surface area contributed by atoms with E-state index >= 15 is 0 Å². The number of aromatic nitrogens is 1. The fraction of sp³-hybridized carbons (Fsp3) is 0.348. The van der Waals surface area contributed by atoms with E-state index in [1.165, 1.54) is 0 Å². The summed E-state index contributed by atoms with van der Waals surface area (Å²) in [4.78, 5) is 45.2. The first-order chi connectivity index (χ1) is 16.3. The van der Waals surface area contributed by atoms with Crippen LogP contribution >= 0.6 is 0 Å². The Bertz CT molecular complexity index is 966. The first-order valence-corrected chi connectivity index (χ1v) is 10.8. The quantitative estimate of drug-likeness (QED) is 0.126. The molecule has 0 aliphatic rings. The number of guanidine groups is 1. The minimum atomic E-state index is -1.20. The number of amides is 2. The summed E-state index contributed by atoms with van der Waals surface area (Å²) in [7, 11) is 0. The normalized spacial score (nSPS) is 13.2. The van der Waals surface area contributed by atoms with Gasteiger partial charge in [-0.3, -0.25) is 19.6 Å². The molecule has 2 rings (SSSR count). The Morgan fingerprint density at radius 3 is 2.24 bits per heavy atom. The summed E-state index contributed by atoms with van der Waals surface area (Å²) in [5.74, 6) is -2.44. The van der Waals surface area contributed by atoms with Crippen LogP contribution in [-0.2, 0) is 27.2 Å². The van der Waals surface area contributed by atoms with Gasteiger partial charge >= 0.3 is 5.97 Å². The third kappa shape index (κ3) is 9.25. The van der Waals surface area contributed by atoms with Crippen LogP contribution in [0.15, 0.2) is 59.9 Å². The van der Waals surface area contributed by atoms with Crippen molar-refractivity contribution in [1.29, 1.82) is 0 Å². The van der Waals surface area contributed by atoms with E-state index in [0.717, 1.165) is 11.1 Å². The fourth-order valence-corrected chi connectivity index (χ4v) is 3.24. The molecule has 0 spiro atoms. The van der Waals surface area contributed by atoms with Gasteiger partial charge in [0.1, 0.15) is 12.1 Å². The first kappa shape index (κ1) is 26.3. The molecule has 9 N–H and O–H groups in total. The van der Waals surface area contributed by atoms with Crippen molar-refractivity contribution in [2.45, 2.75) is 43.8 Å². The summed E-state index contributed by atoms with van der Waals surface area (Å²) < 4.78 is 0. The molecule has 11 nitrogen and oxygen atoms in total. The lowest BCUT2D eigenvalue weighted by molar-refractivity contribution is -0.142. The number of rotatable bonds is 13. The highest BCUT2D eigenvalue weighted by molar-refractivity contribution is 5.92. The molecular weight excluding hydrogens is 438 g/mol. The molecule has 1 aromatic carbocycles. The second-order valence-electron chi connectivity index (χ2n) is 7.77. The molecule has 0 radical (unpaired) electrons. The van der Waals surface area contributed by atoms with Crippen LogP contribution in [0.1, 0.15) is 24.0 Å². The Labute approximate surface area is 197 Å². The van der Waals surface area contributed by atoms with Crippen LogP contribution in [-0.4, -0.2) is 58.5 Å². The highest BCUT2D eigenvalue weighted by Crippen LogP contribution is 2.07. The van der Waals surface area contributed by atoms with Crippen molar-refractivity contribution >= 4 is 23.7 Å². The number of benzene rings is 1. The van der Waals surface area contributed by atoms with Gasteiger partial charge in [-0.25, -0.2) is 4.79 Å². The zero-order chi connectivity index (χ0) is 24.9. The summed E-state index contributed by atoms with van der Waals surface area (Å²) in [5.41, 5.74) is 18.2. The molecule has 182 valence electrons. The number of nitrogens with one attached hydrogen (secondary N) is 2. The van der Waals surface area contributed by atoms with Gasteiger partial charge in [0.05, 0.1) is 6.04 Å². The first-order valence-electron chi connectivity index (χ1n) is 10.8. The lowest BCUT2D eigenvalue weighted by Crippen LogP contribution is -2.55. The maximum atomic E-state index is 13.0. The van der Waals surface area contributed by atoms with Crippen LogP contribution in [0.25, 0.3) is 0 Å². The Hall–Kier alpha value is -3.99. The van der Waals surface area contributed by atoms with E-state index < -0.39 is 35.9 Å². The summed E-state index contributed by atoms with van der Waals surface area (Å²) in [6.45, 7) is 0.232. The van der Waals surface area contributed by atoms with Crippen molar-refractivity contribution in [1.82, 2.24) is 15.6 Å². The summed E-state index contributed by atoms with van der Waals surface area (Å²) in [5, 5.41) is 14.7. The molecule has 2 aromatic rings. The molecule has 0 saturated heterocycles. The lowest BCUT2D eigenvalue weighted by atomic mass is 10.0. The molecule has 11 heteroatoms. The van der Waals surface area contributed by atoms with Crippen LogP contribution in [0.2, 0.25) is 0 Å². The lowest BCUT2D eigenvalue weighted by Gasteiger charge is -2.23. The molecule has 0 aliphatic heterocycles. The third-order valence-corrected chi connectivity index (χ3v) is 4.99. The molecule has 0 fully saturated rings. The number of aliphatic imine (C=N–C) groups is 1. The highest BCUT2D eigenvalue weighted by Gasteiger charge is 2.28. The van der Waals surface area contributed by atoms with Gasteiger partial charge < -0.3 is 32.9 Å². The Morgan fingerprint density at radius 1 is 0.941 bits per heavy atom. The predicted molar refractivity (Wildman–Crippen MR) is 127 cm³/mol. The summed E-state index contributed by atoms with van der Waals surface area (Å²) in [6.07, 6.45) is 4.10. The molecule has 2 amide bonds. The number of pyridine rings is 1. The Morgan fingerprint density at radius 2 is 1.62 bits per heavy atom. The maximum Gasteiger partial charge on any atom is 0.326 e. The number of nitrogens with zero attached hydrogens (tertiary/aromatic N) is 2. The molecule has 3 atom stereocenters. The number of carbonyl (C=O) groups excluding carboxylic acids is 2. The largest absolute Gasteiger partial charge is 0.480 e. The van der Waals surface area contributed by atoms with E-state index in [1.807, 2.05) is 30.3 Å². The molecular formula is C23H31N7O4. The second-order valence-corrected chi connectivity index (χ2v) is 7.77. The number of aliphatic carboxylic acids is 1. The van der Waals surface area contributed by atoms with E-state index in [9.17, 15) is 19.5 Å². The third-order valence-electron chi connectivity index (χ3n) is 4.99. The monoisotopic (exact) mass is 469 g/mol. The van der Waals surface area contributed by atoms with Crippen LogP contribution in [0.5, 0.6) is 0 Å². The minimum absolute atomic E-state index is 0.0934. The standard InChI is InChI=1S/C23H31N7O4/c24-17(12-16-8-4-10-27-14-16)20(31)30-19(13-15-6-2-1-3-7-15)21(32)29-18(22(33)34)9-5-11-28-23(25)26/h1-4,6-8,10,14,17-19H,5,9,11-13,24H2,(H,29,32)(H,30,31)(H,33,34)(H4,25,26,28)/t17-,18-,19-/m0/s1. The summed E-state index contributed by atoms with van der Waals surface area (Å²) >= 11 is 0. The van der Waals surface area contributed by atoms with E-state index in [4.69, 9.17) is 17.2 Å². The van der Waals surface area contributed by atoms with Crippen molar-refractivity contribution in [3.8, 4) is 0 Å². The van der Waals surface area contributed by atoms with Crippen molar-refractivity contribution in [2.75, 3.05) is 6.54 Å². The van der Waals surface area contributed by atoms with Gasteiger partial charge in [-0.15, -0.1) is 0 Å². The zero-order valence-corrected chi connectivity index (χ0v) is 18.8. The van der Waals surface area contributed by atoms with Gasteiger partial charge in [-0.2, -0.15) is 0 Å². The second kappa shape index (κ2) is 13.5. The van der Waals surface area contributed by atoms with Gasteiger partial charge in [0.25, 0.3) is 0 Å². The molecule has 0 unspecified atom stereocenters. The molecule has 0 saturated carbocycles. The van der Waals surface area contributed by atoms with Crippen LogP contribution in [0, 0.1) is 0 Å². The number of hydrogen-bond acceptors (Lipinski definition) is 6. The van der Waals surface area contributed by atoms with E-state index in [-0.39, 0.29) is 31.8 Å². The van der Waals surface area contributed by atoms with Crippen LogP contribution < -0.4 is 27.8 Å². The van der Waals surface area contributed by atoms with Crippen molar-refractivity contribution in [3.05, 3.63) is 66.0 Å².